The number of guanidine groups is 1. The molecule has 0 amide bonds. The zero-order chi connectivity index (χ0) is 27.0. The molecule has 3 saturated heterocycles. The highest BCUT2D eigenvalue weighted by Crippen LogP contribution is 2.42. The van der Waals surface area contributed by atoms with Gasteiger partial charge in [-0.3, -0.25) is 10.4 Å². The van der Waals surface area contributed by atoms with E-state index in [0.717, 1.165) is 76.6 Å². The van der Waals surface area contributed by atoms with Gasteiger partial charge in [0, 0.05) is 46.1 Å². The first-order chi connectivity index (χ1) is 18.5. The fraction of sp³-hybridized carbons (Fsp3) is 0.750. The first kappa shape index (κ1) is 28.7. The van der Waals surface area contributed by atoms with Gasteiger partial charge < -0.3 is 24.0 Å². The van der Waals surface area contributed by atoms with E-state index in [4.69, 9.17) is 29.6 Å². The third-order valence-corrected chi connectivity index (χ3v) is 7.85. The summed E-state index contributed by atoms with van der Waals surface area (Å²) in [6.45, 7) is 13.4. The molecule has 1 saturated carbocycles. The van der Waals surface area contributed by atoms with E-state index in [-0.39, 0.29) is 24.0 Å². The summed E-state index contributed by atoms with van der Waals surface area (Å²) in [5, 5.41) is 12.1. The van der Waals surface area contributed by atoms with E-state index in [1.54, 1.807) is 6.08 Å². The number of amidine groups is 1. The van der Waals surface area contributed by atoms with Crippen molar-refractivity contribution in [3.05, 3.63) is 24.8 Å². The molecule has 4 fully saturated rings. The number of nitrogens with zero attached hydrogens (tertiary/aromatic N) is 6. The normalized spacial score (nSPS) is 27.2. The number of morpholine rings is 2. The molecule has 212 valence electrons. The third-order valence-electron chi connectivity index (χ3n) is 7.85. The summed E-state index contributed by atoms with van der Waals surface area (Å²) >= 11 is 0. The molecule has 0 aromatic heterocycles. The smallest absolute Gasteiger partial charge is 0.224 e. The second kappa shape index (κ2) is 13.7. The molecule has 3 atom stereocenters. The number of hydrazine groups is 1. The van der Waals surface area contributed by atoms with Gasteiger partial charge in [-0.05, 0) is 39.0 Å². The maximum atomic E-state index is 8.19. The minimum Gasteiger partial charge on any atom is -0.377 e. The van der Waals surface area contributed by atoms with Crippen LogP contribution in [0.2, 0.25) is 0 Å². The number of rotatable bonds is 9. The highest BCUT2D eigenvalue weighted by molar-refractivity contribution is 5.96. The van der Waals surface area contributed by atoms with Gasteiger partial charge in [-0.2, -0.15) is 5.01 Å². The van der Waals surface area contributed by atoms with E-state index in [1.165, 1.54) is 6.34 Å². The van der Waals surface area contributed by atoms with E-state index < -0.39 is 0 Å². The number of aliphatic imine (C=N–C) groups is 2. The zero-order valence-electron chi connectivity index (χ0n) is 23.6. The Morgan fingerprint density at radius 1 is 1.24 bits per heavy atom. The lowest BCUT2D eigenvalue weighted by Crippen LogP contribution is -2.53. The molecule has 0 radical (unpaired) electrons. The van der Waals surface area contributed by atoms with Gasteiger partial charge in [-0.15, -0.1) is 0 Å². The molecule has 3 aliphatic heterocycles. The van der Waals surface area contributed by atoms with Crippen molar-refractivity contribution in [2.45, 2.75) is 82.8 Å². The van der Waals surface area contributed by atoms with Gasteiger partial charge in [-0.25, -0.2) is 9.98 Å². The molecule has 10 nitrogen and oxygen atoms in total. The van der Waals surface area contributed by atoms with Crippen LogP contribution in [-0.4, -0.2) is 115 Å². The average Bonchev–Trinajstić information content (AvgIpc) is 3.69. The van der Waals surface area contributed by atoms with Gasteiger partial charge in [0.25, 0.3) is 0 Å². The maximum Gasteiger partial charge on any atom is 0.224 e. The van der Waals surface area contributed by atoms with Gasteiger partial charge in [0.05, 0.1) is 37.8 Å². The largest absolute Gasteiger partial charge is 0.377 e. The summed E-state index contributed by atoms with van der Waals surface area (Å²) in [7, 11) is 1.99. The van der Waals surface area contributed by atoms with Crippen LogP contribution in [-0.2, 0) is 14.2 Å². The summed E-state index contributed by atoms with van der Waals surface area (Å²) in [6, 6.07) is 0.272. The van der Waals surface area contributed by atoms with E-state index in [0.29, 0.717) is 26.2 Å². The van der Waals surface area contributed by atoms with Crippen LogP contribution in [0.15, 0.2) is 34.8 Å². The van der Waals surface area contributed by atoms with Crippen LogP contribution in [0.1, 0.15) is 58.8 Å². The topological polar surface area (TPSA) is 89.2 Å². The van der Waals surface area contributed by atoms with Gasteiger partial charge >= 0.3 is 0 Å². The summed E-state index contributed by atoms with van der Waals surface area (Å²) in [4.78, 5) is 15.3. The lowest BCUT2D eigenvalue weighted by molar-refractivity contribution is -0.139. The van der Waals surface area contributed by atoms with Gasteiger partial charge in [0.2, 0.25) is 5.96 Å². The Labute approximate surface area is 228 Å². The molecule has 1 aliphatic carbocycles. The second-order valence-corrected chi connectivity index (χ2v) is 10.7. The Balaban J connectivity index is 1.68. The van der Waals surface area contributed by atoms with Gasteiger partial charge in [0.1, 0.15) is 18.2 Å². The second-order valence-electron chi connectivity index (χ2n) is 10.7. The van der Waals surface area contributed by atoms with Crippen LogP contribution >= 0.6 is 0 Å². The molecule has 0 aromatic rings. The quantitative estimate of drug-likeness (QED) is 0.212. The predicted molar refractivity (Wildman–Crippen MR) is 151 cm³/mol. The predicted octanol–water partition coefficient (Wildman–Crippen LogP) is 3.48. The average molecular weight is 530 g/mol. The lowest BCUT2D eigenvalue weighted by atomic mass is 10.2. The summed E-state index contributed by atoms with van der Waals surface area (Å²) in [6.07, 6.45) is 13.5. The van der Waals surface area contributed by atoms with Crippen LogP contribution in [0.5, 0.6) is 0 Å². The van der Waals surface area contributed by atoms with Crippen LogP contribution < -0.4 is 0 Å². The molecule has 3 heterocycles. The van der Waals surface area contributed by atoms with Crippen molar-refractivity contribution >= 4 is 18.1 Å². The van der Waals surface area contributed by atoms with E-state index in [2.05, 4.69) is 36.3 Å². The van der Waals surface area contributed by atoms with E-state index in [1.807, 2.05) is 23.1 Å². The number of ether oxygens (including phenoxy) is 3. The van der Waals surface area contributed by atoms with Crippen LogP contribution in [0.4, 0.5) is 0 Å². The first-order valence-corrected chi connectivity index (χ1v) is 14.3. The Morgan fingerprint density at radius 3 is 2.74 bits per heavy atom. The molecule has 38 heavy (non-hydrogen) atoms. The molecule has 1 N–H and O–H groups in total. The van der Waals surface area contributed by atoms with Crippen molar-refractivity contribution in [3.63, 3.8) is 0 Å². The van der Waals surface area contributed by atoms with E-state index >= 15 is 0 Å². The molecular weight excluding hydrogens is 482 g/mol. The van der Waals surface area contributed by atoms with Crippen LogP contribution in [0.3, 0.4) is 0 Å². The fourth-order valence-corrected chi connectivity index (χ4v) is 5.39. The number of hydrogen-bond acceptors (Lipinski definition) is 6. The van der Waals surface area contributed by atoms with Crippen molar-refractivity contribution in [1.82, 2.24) is 19.8 Å². The van der Waals surface area contributed by atoms with Gasteiger partial charge in [0.15, 0.2) is 0 Å². The molecule has 0 aromatic carbocycles. The van der Waals surface area contributed by atoms with Gasteiger partial charge in [-0.1, -0.05) is 31.7 Å². The van der Waals surface area contributed by atoms with Crippen LogP contribution in [0, 0.1) is 5.41 Å². The number of allylic oxidation sites excluding steroid dienone is 2. The SMILES string of the molecule is C=C/C=C\CC(N=C(N=C(CC)N1CCOC[C@@H]1C)N1CCOC2(CC2)C1)N(C)N(C=N)C1CCCCO1. The Morgan fingerprint density at radius 2 is 2.08 bits per heavy atom. The van der Waals surface area contributed by atoms with Crippen molar-refractivity contribution in [3.8, 4) is 0 Å². The standard InChI is InChI=1S/C28H47N7O3/c1-5-7-8-11-25(32(4)35(22-29)26-12-9-10-17-37-26)31-27(33-15-19-38-28(21-33)13-14-28)30-24(6-2)34-16-18-36-20-23(34)3/h5,7-8,22-23,25-26,29H,1,6,9-21H2,2-4H3/b8-7-,29-22?,30-24?,31-27?/t23-,25?,26?/m0/s1. The summed E-state index contributed by atoms with van der Waals surface area (Å²) in [5.41, 5.74) is -0.0474. The highest BCUT2D eigenvalue weighted by atomic mass is 16.5. The summed E-state index contributed by atoms with van der Waals surface area (Å²) in [5.74, 6) is 1.78. The fourth-order valence-electron chi connectivity index (χ4n) is 5.39. The minimum absolute atomic E-state index is 0.0474. The summed E-state index contributed by atoms with van der Waals surface area (Å²) < 4.78 is 17.9. The van der Waals surface area contributed by atoms with Crippen molar-refractivity contribution < 1.29 is 14.2 Å². The molecule has 1 spiro atoms. The number of hydrogen-bond donors (Lipinski definition) is 1. The Hall–Kier alpha value is -2.27. The Kier molecular flexibility index (Phi) is 10.3. The maximum absolute atomic E-state index is 8.19. The molecule has 10 heteroatoms. The first-order valence-electron chi connectivity index (χ1n) is 14.3. The monoisotopic (exact) mass is 529 g/mol. The van der Waals surface area contributed by atoms with E-state index in [9.17, 15) is 0 Å². The third kappa shape index (κ3) is 7.22. The van der Waals surface area contributed by atoms with Crippen LogP contribution in [0.25, 0.3) is 0 Å². The van der Waals surface area contributed by atoms with Crippen molar-refractivity contribution in [1.29, 1.82) is 5.41 Å². The molecular formula is C28H47N7O3. The molecule has 4 aliphatic rings. The molecule has 2 unspecified atom stereocenters. The van der Waals surface area contributed by atoms with Crippen molar-refractivity contribution in [2.75, 3.05) is 53.1 Å². The minimum atomic E-state index is -0.268. The molecule has 0 bridgehead atoms. The highest BCUT2D eigenvalue weighted by Gasteiger charge is 2.48. The Bertz CT molecular complexity index is 882. The lowest BCUT2D eigenvalue weighted by Gasteiger charge is -2.41. The van der Waals surface area contributed by atoms with Crippen molar-refractivity contribution in [2.24, 2.45) is 9.98 Å². The number of nitrogens with one attached hydrogen (secondary N) is 1. The zero-order valence-corrected chi connectivity index (χ0v) is 23.6. The molecule has 4 rings (SSSR count).